The first-order valence-corrected chi connectivity index (χ1v) is 7.17. The number of aromatic hydroxyl groups is 1. The number of hydrogen-bond donors (Lipinski definition) is 2. The van der Waals surface area contributed by atoms with E-state index < -0.39 is 0 Å². The smallest absolute Gasteiger partial charge is 0.271 e. The molecule has 0 aliphatic heterocycles. The van der Waals surface area contributed by atoms with Gasteiger partial charge in [-0.1, -0.05) is 28.1 Å². The molecule has 0 fully saturated rings. The van der Waals surface area contributed by atoms with Crippen LogP contribution in [0.3, 0.4) is 0 Å². The van der Waals surface area contributed by atoms with Crippen molar-refractivity contribution in [2.75, 3.05) is 0 Å². The Morgan fingerprint density at radius 3 is 2.52 bits per heavy atom. The van der Waals surface area contributed by atoms with Gasteiger partial charge in [-0.25, -0.2) is 5.43 Å². The number of aryl methyl sites for hydroxylation is 1. The summed E-state index contributed by atoms with van der Waals surface area (Å²) in [5.41, 5.74) is 4.91. The van der Waals surface area contributed by atoms with Gasteiger partial charge in [0, 0.05) is 15.6 Å². The summed E-state index contributed by atoms with van der Waals surface area (Å²) < 4.78 is 0.906. The quantitative estimate of drug-likeness (QED) is 0.658. The fraction of sp³-hybridized carbons (Fsp3) is 0.125. The maximum absolute atomic E-state index is 11.9. The van der Waals surface area contributed by atoms with Crippen LogP contribution in [0.5, 0.6) is 5.75 Å². The molecule has 2 N–H and O–H groups in total. The van der Waals surface area contributed by atoms with Crippen molar-refractivity contribution in [3.63, 3.8) is 0 Å². The first kappa shape index (κ1) is 15.3. The van der Waals surface area contributed by atoms with Gasteiger partial charge in [-0.2, -0.15) is 5.10 Å². The fourth-order valence-corrected chi connectivity index (χ4v) is 2.08. The second kappa shape index (κ2) is 6.54. The second-order valence-electron chi connectivity index (χ2n) is 4.62. The van der Waals surface area contributed by atoms with Gasteiger partial charge in [0.15, 0.2) is 0 Å². The Kier molecular flexibility index (Phi) is 4.75. The van der Waals surface area contributed by atoms with Crippen LogP contribution in [0.25, 0.3) is 0 Å². The zero-order chi connectivity index (χ0) is 15.4. The van der Waals surface area contributed by atoms with E-state index in [0.29, 0.717) is 16.8 Å². The van der Waals surface area contributed by atoms with Crippen LogP contribution in [0.4, 0.5) is 0 Å². The van der Waals surface area contributed by atoms with Gasteiger partial charge in [-0.05, 0) is 49.7 Å². The van der Waals surface area contributed by atoms with Crippen LogP contribution in [0.1, 0.15) is 28.4 Å². The lowest BCUT2D eigenvalue weighted by molar-refractivity contribution is 0.0955. The number of hydrazone groups is 1. The van der Waals surface area contributed by atoms with Crippen molar-refractivity contribution in [1.29, 1.82) is 0 Å². The van der Waals surface area contributed by atoms with Crippen molar-refractivity contribution < 1.29 is 9.90 Å². The maximum Gasteiger partial charge on any atom is 0.271 e. The minimum absolute atomic E-state index is 0.177. The molecule has 0 aromatic heterocycles. The number of nitrogens with one attached hydrogen (secondary N) is 1. The van der Waals surface area contributed by atoms with E-state index in [9.17, 15) is 9.90 Å². The van der Waals surface area contributed by atoms with Gasteiger partial charge in [-0.15, -0.1) is 0 Å². The summed E-state index contributed by atoms with van der Waals surface area (Å²) >= 11 is 3.32. The zero-order valence-corrected chi connectivity index (χ0v) is 13.3. The standard InChI is InChI=1S/C16H15BrN2O2/c1-10-4-3-5-14(15(10)20)11(2)18-19-16(21)12-6-8-13(17)9-7-12/h3-9,20H,1-2H3,(H,19,21)/b18-11+. The van der Waals surface area contributed by atoms with Crippen LogP contribution < -0.4 is 5.43 Å². The van der Waals surface area contributed by atoms with Crippen LogP contribution in [0.2, 0.25) is 0 Å². The summed E-state index contributed by atoms with van der Waals surface area (Å²) in [6.07, 6.45) is 0. The molecule has 1 amide bonds. The summed E-state index contributed by atoms with van der Waals surface area (Å²) in [5, 5.41) is 14.0. The van der Waals surface area contributed by atoms with Crippen molar-refractivity contribution in [3.8, 4) is 5.75 Å². The minimum Gasteiger partial charge on any atom is -0.507 e. The molecule has 0 heterocycles. The lowest BCUT2D eigenvalue weighted by Gasteiger charge is -2.07. The second-order valence-corrected chi connectivity index (χ2v) is 5.53. The highest BCUT2D eigenvalue weighted by Crippen LogP contribution is 2.21. The number of phenolic OH excluding ortho intramolecular Hbond substituents is 1. The molecule has 2 aromatic carbocycles. The van der Waals surface area contributed by atoms with E-state index in [2.05, 4.69) is 26.5 Å². The van der Waals surface area contributed by atoms with E-state index >= 15 is 0 Å². The Bertz CT molecular complexity index is 694. The maximum atomic E-state index is 11.9. The normalized spacial score (nSPS) is 11.3. The van der Waals surface area contributed by atoms with Crippen molar-refractivity contribution in [2.24, 2.45) is 5.10 Å². The van der Waals surface area contributed by atoms with Crippen molar-refractivity contribution in [3.05, 3.63) is 63.6 Å². The van der Waals surface area contributed by atoms with E-state index in [4.69, 9.17) is 0 Å². The van der Waals surface area contributed by atoms with E-state index in [1.54, 1.807) is 37.3 Å². The SMILES string of the molecule is C/C(=N\NC(=O)c1ccc(Br)cc1)c1cccc(C)c1O. The third kappa shape index (κ3) is 3.70. The number of hydrogen-bond acceptors (Lipinski definition) is 3. The van der Waals surface area contributed by atoms with E-state index in [1.165, 1.54) is 0 Å². The zero-order valence-electron chi connectivity index (χ0n) is 11.7. The topological polar surface area (TPSA) is 61.7 Å². The number of carbonyl (C=O) groups is 1. The lowest BCUT2D eigenvalue weighted by atomic mass is 10.1. The molecule has 21 heavy (non-hydrogen) atoms. The Hall–Kier alpha value is -2.14. The first-order valence-electron chi connectivity index (χ1n) is 6.38. The van der Waals surface area contributed by atoms with Gasteiger partial charge in [0.05, 0.1) is 5.71 Å². The average molecular weight is 347 g/mol. The van der Waals surface area contributed by atoms with Crippen LogP contribution in [-0.2, 0) is 0 Å². The Morgan fingerprint density at radius 1 is 1.19 bits per heavy atom. The molecule has 2 aromatic rings. The molecule has 0 saturated heterocycles. The number of para-hydroxylation sites is 1. The molecular weight excluding hydrogens is 332 g/mol. The molecular formula is C16H15BrN2O2. The number of carbonyl (C=O) groups excluding carboxylic acids is 1. The number of halogens is 1. The Morgan fingerprint density at radius 2 is 1.86 bits per heavy atom. The molecule has 0 unspecified atom stereocenters. The third-order valence-corrected chi connectivity index (χ3v) is 3.59. The molecule has 4 nitrogen and oxygen atoms in total. The monoisotopic (exact) mass is 346 g/mol. The molecule has 0 bridgehead atoms. The molecule has 0 atom stereocenters. The van der Waals surface area contributed by atoms with Crippen molar-refractivity contribution in [2.45, 2.75) is 13.8 Å². The highest BCUT2D eigenvalue weighted by Gasteiger charge is 2.08. The summed E-state index contributed by atoms with van der Waals surface area (Å²) in [4.78, 5) is 11.9. The molecule has 2 rings (SSSR count). The number of phenols is 1. The van der Waals surface area contributed by atoms with Crippen molar-refractivity contribution >= 4 is 27.5 Å². The molecule has 0 aliphatic carbocycles. The van der Waals surface area contributed by atoms with Gasteiger partial charge in [0.2, 0.25) is 0 Å². The van der Waals surface area contributed by atoms with Crippen LogP contribution in [0, 0.1) is 6.92 Å². The number of amides is 1. The Balaban J connectivity index is 2.15. The molecule has 5 heteroatoms. The minimum atomic E-state index is -0.297. The molecule has 108 valence electrons. The van der Waals surface area contributed by atoms with Crippen LogP contribution in [-0.4, -0.2) is 16.7 Å². The van der Waals surface area contributed by atoms with Gasteiger partial charge >= 0.3 is 0 Å². The summed E-state index contributed by atoms with van der Waals surface area (Å²) in [5.74, 6) is -0.120. The average Bonchev–Trinajstić information content (AvgIpc) is 2.48. The highest BCUT2D eigenvalue weighted by molar-refractivity contribution is 9.10. The molecule has 0 radical (unpaired) electrons. The predicted molar refractivity (Wildman–Crippen MR) is 86.7 cm³/mol. The number of rotatable bonds is 3. The highest BCUT2D eigenvalue weighted by atomic mass is 79.9. The van der Waals surface area contributed by atoms with Gasteiger partial charge < -0.3 is 5.11 Å². The van der Waals surface area contributed by atoms with Gasteiger partial charge in [0.25, 0.3) is 5.91 Å². The fourth-order valence-electron chi connectivity index (χ4n) is 1.81. The van der Waals surface area contributed by atoms with Crippen molar-refractivity contribution in [1.82, 2.24) is 5.43 Å². The van der Waals surface area contributed by atoms with Crippen LogP contribution in [0.15, 0.2) is 52.0 Å². The van der Waals surface area contributed by atoms with E-state index in [0.717, 1.165) is 10.0 Å². The van der Waals surface area contributed by atoms with Gasteiger partial charge in [0.1, 0.15) is 5.75 Å². The third-order valence-electron chi connectivity index (χ3n) is 3.06. The molecule has 0 saturated carbocycles. The molecule has 0 aliphatic rings. The number of nitrogens with zero attached hydrogens (tertiary/aromatic N) is 1. The van der Waals surface area contributed by atoms with E-state index in [-0.39, 0.29) is 11.7 Å². The lowest BCUT2D eigenvalue weighted by Crippen LogP contribution is -2.19. The molecule has 0 spiro atoms. The van der Waals surface area contributed by atoms with Crippen LogP contribution >= 0.6 is 15.9 Å². The predicted octanol–water partition coefficient (Wildman–Crippen LogP) is 3.62. The summed E-state index contributed by atoms with van der Waals surface area (Å²) in [6, 6.07) is 12.4. The number of benzene rings is 2. The largest absolute Gasteiger partial charge is 0.507 e. The van der Waals surface area contributed by atoms with Gasteiger partial charge in [-0.3, -0.25) is 4.79 Å². The summed E-state index contributed by atoms with van der Waals surface area (Å²) in [6.45, 7) is 3.54. The van der Waals surface area contributed by atoms with E-state index in [1.807, 2.05) is 19.1 Å². The summed E-state index contributed by atoms with van der Waals surface area (Å²) in [7, 11) is 0. The first-order chi connectivity index (χ1) is 9.99. The Labute approximate surface area is 131 Å².